The zero-order valence-corrected chi connectivity index (χ0v) is 21.0. The Balaban J connectivity index is 1.62. The van der Waals surface area contributed by atoms with Gasteiger partial charge in [-0.15, -0.1) is 0 Å². The van der Waals surface area contributed by atoms with Crippen LogP contribution in [0.4, 0.5) is 18.9 Å². The van der Waals surface area contributed by atoms with E-state index in [4.69, 9.17) is 9.47 Å². The normalized spacial score (nSPS) is 15.0. The third-order valence-electron chi connectivity index (χ3n) is 6.54. The number of carbonyl (C=O) groups is 1. The van der Waals surface area contributed by atoms with Gasteiger partial charge in [0.05, 0.1) is 59.4 Å². The molecule has 2 aromatic heterocycles. The van der Waals surface area contributed by atoms with Crippen molar-refractivity contribution < 1.29 is 27.4 Å². The maximum Gasteiger partial charge on any atom is 0.416 e. The van der Waals surface area contributed by atoms with E-state index in [9.17, 15) is 23.2 Å². The van der Waals surface area contributed by atoms with E-state index < -0.39 is 23.1 Å². The quantitative estimate of drug-likeness (QED) is 0.401. The summed E-state index contributed by atoms with van der Waals surface area (Å²) >= 11 is 0. The van der Waals surface area contributed by atoms with E-state index in [1.54, 1.807) is 31.6 Å². The van der Waals surface area contributed by atoms with E-state index in [-0.39, 0.29) is 25.0 Å². The third-order valence-corrected chi connectivity index (χ3v) is 6.54. The number of ether oxygens (including phenoxy) is 2. The van der Waals surface area contributed by atoms with Crippen LogP contribution >= 0.6 is 0 Å². The van der Waals surface area contributed by atoms with Crippen LogP contribution in [-0.4, -0.2) is 47.2 Å². The maximum atomic E-state index is 13.2. The van der Waals surface area contributed by atoms with Crippen molar-refractivity contribution in [2.24, 2.45) is 0 Å². The fourth-order valence-corrected chi connectivity index (χ4v) is 4.59. The average Bonchev–Trinajstić information content (AvgIpc) is 2.93. The van der Waals surface area contributed by atoms with Crippen molar-refractivity contribution in [1.82, 2.24) is 15.0 Å². The number of esters is 1. The van der Waals surface area contributed by atoms with Crippen molar-refractivity contribution in [1.29, 1.82) is 5.26 Å². The Morgan fingerprint density at radius 1 is 1.11 bits per heavy atom. The average molecular weight is 526 g/mol. The van der Waals surface area contributed by atoms with Gasteiger partial charge in [0.2, 0.25) is 5.88 Å². The second kappa shape index (κ2) is 11.0. The van der Waals surface area contributed by atoms with Crippen LogP contribution in [0.2, 0.25) is 0 Å². The zero-order chi connectivity index (χ0) is 27.3. The van der Waals surface area contributed by atoms with Gasteiger partial charge in [0.15, 0.2) is 0 Å². The Kier molecular flexibility index (Phi) is 7.80. The minimum Gasteiger partial charge on any atom is -0.477 e. The van der Waals surface area contributed by atoms with Crippen molar-refractivity contribution in [2.45, 2.75) is 38.3 Å². The van der Waals surface area contributed by atoms with Crippen molar-refractivity contribution in [2.75, 3.05) is 31.2 Å². The van der Waals surface area contributed by atoms with Gasteiger partial charge in [-0.3, -0.25) is 14.8 Å². The minimum atomic E-state index is -4.55. The first-order valence-electron chi connectivity index (χ1n) is 12.2. The number of anilines is 1. The predicted molar refractivity (Wildman–Crippen MR) is 132 cm³/mol. The number of aromatic nitrogens is 3. The summed E-state index contributed by atoms with van der Waals surface area (Å²) in [5.74, 6) is -0.0127. The smallest absolute Gasteiger partial charge is 0.416 e. The molecule has 3 heterocycles. The highest BCUT2D eigenvalue weighted by molar-refractivity contribution is 5.83. The number of nitrogens with zero attached hydrogens (tertiary/aromatic N) is 5. The molecule has 0 spiro atoms. The summed E-state index contributed by atoms with van der Waals surface area (Å²) in [6.07, 6.45) is 0.740. The lowest BCUT2D eigenvalue weighted by molar-refractivity contribution is -0.151. The van der Waals surface area contributed by atoms with E-state index in [1.807, 2.05) is 24.0 Å². The largest absolute Gasteiger partial charge is 0.477 e. The highest BCUT2D eigenvalue weighted by atomic mass is 19.4. The first-order chi connectivity index (χ1) is 18.2. The van der Waals surface area contributed by atoms with Crippen LogP contribution in [0.5, 0.6) is 5.88 Å². The van der Waals surface area contributed by atoms with E-state index in [2.05, 4.69) is 15.0 Å². The summed E-state index contributed by atoms with van der Waals surface area (Å²) in [5, 5.41) is 9.50. The lowest BCUT2D eigenvalue weighted by Gasteiger charge is -2.40. The monoisotopic (exact) mass is 525 g/mol. The molecule has 0 radical (unpaired) electrons. The molecule has 1 saturated heterocycles. The van der Waals surface area contributed by atoms with Gasteiger partial charge in [-0.25, -0.2) is 4.98 Å². The maximum absolute atomic E-state index is 13.2. The Morgan fingerprint density at radius 2 is 1.87 bits per heavy atom. The second-order valence-corrected chi connectivity index (χ2v) is 8.71. The number of hydrogen-bond acceptors (Lipinski definition) is 8. The lowest BCUT2D eigenvalue weighted by atomic mass is 9.75. The van der Waals surface area contributed by atoms with Crippen molar-refractivity contribution in [3.63, 3.8) is 0 Å². The number of halogens is 3. The minimum absolute atomic E-state index is 0.0748. The number of alkyl halides is 3. The van der Waals surface area contributed by atoms with E-state index in [0.717, 1.165) is 12.1 Å². The summed E-state index contributed by atoms with van der Waals surface area (Å²) in [6, 6.07) is 8.56. The van der Waals surface area contributed by atoms with Crippen LogP contribution in [0.1, 0.15) is 43.5 Å². The van der Waals surface area contributed by atoms with Crippen molar-refractivity contribution >= 4 is 11.7 Å². The SMILES string of the molecule is CCOC(=O)C1(c2cnc(-c3cccnc3OCC)cn2)CCN(c2ccc(C(F)(F)F)cc2C#N)CC1. The van der Waals surface area contributed by atoms with Crippen LogP contribution in [0.3, 0.4) is 0 Å². The summed E-state index contributed by atoms with van der Waals surface area (Å²) in [7, 11) is 0. The molecule has 38 heavy (non-hydrogen) atoms. The molecule has 1 aliphatic heterocycles. The molecule has 0 saturated carbocycles. The highest BCUT2D eigenvalue weighted by Gasteiger charge is 2.46. The number of rotatable bonds is 7. The Hall–Kier alpha value is -4.20. The molecule has 4 rings (SSSR count). The molecule has 1 aromatic carbocycles. The topological polar surface area (TPSA) is 101 Å². The van der Waals surface area contributed by atoms with Gasteiger partial charge in [0, 0.05) is 19.3 Å². The molecule has 0 amide bonds. The first-order valence-corrected chi connectivity index (χ1v) is 12.2. The van der Waals surface area contributed by atoms with Crippen LogP contribution in [-0.2, 0) is 21.1 Å². The molecule has 8 nitrogen and oxygen atoms in total. The fraction of sp³-hybridized carbons (Fsp3) is 0.370. The van der Waals surface area contributed by atoms with Crippen LogP contribution in [0.25, 0.3) is 11.3 Å². The van der Waals surface area contributed by atoms with Crippen LogP contribution in [0, 0.1) is 11.3 Å². The van der Waals surface area contributed by atoms with Gasteiger partial charge in [-0.1, -0.05) is 0 Å². The molecule has 198 valence electrons. The molecule has 0 N–H and O–H groups in total. The molecule has 0 unspecified atom stereocenters. The van der Waals surface area contributed by atoms with Gasteiger partial charge >= 0.3 is 12.1 Å². The predicted octanol–water partition coefficient (Wildman–Crippen LogP) is 4.93. The summed E-state index contributed by atoms with van der Waals surface area (Å²) in [4.78, 5) is 28.4. The second-order valence-electron chi connectivity index (χ2n) is 8.71. The number of pyridine rings is 1. The zero-order valence-electron chi connectivity index (χ0n) is 21.0. The van der Waals surface area contributed by atoms with Crippen molar-refractivity contribution in [3.05, 3.63) is 65.7 Å². The van der Waals surface area contributed by atoms with Crippen LogP contribution in [0.15, 0.2) is 48.9 Å². The summed E-state index contributed by atoms with van der Waals surface area (Å²) in [5.41, 5.74) is -0.0196. The number of nitriles is 1. The number of hydrogen-bond donors (Lipinski definition) is 0. The van der Waals surface area contributed by atoms with Gasteiger partial charge in [0.1, 0.15) is 11.5 Å². The molecule has 1 aliphatic rings. The molecule has 1 fully saturated rings. The Labute approximate surface area is 218 Å². The van der Waals surface area contributed by atoms with Crippen LogP contribution < -0.4 is 9.64 Å². The molecule has 3 aromatic rings. The van der Waals surface area contributed by atoms with E-state index in [0.29, 0.717) is 48.2 Å². The lowest BCUT2D eigenvalue weighted by Crippen LogP contribution is -2.49. The molecule has 0 atom stereocenters. The van der Waals surface area contributed by atoms with Gasteiger partial charge in [0.25, 0.3) is 0 Å². The summed E-state index contributed by atoms with van der Waals surface area (Å²) < 4.78 is 50.4. The molecular weight excluding hydrogens is 499 g/mol. The molecule has 0 aliphatic carbocycles. The molecule has 0 bridgehead atoms. The first kappa shape index (κ1) is 26.9. The molecule has 11 heteroatoms. The fourth-order valence-electron chi connectivity index (χ4n) is 4.59. The van der Waals surface area contributed by atoms with E-state index in [1.165, 1.54) is 6.07 Å². The number of piperidine rings is 1. The third kappa shape index (κ3) is 5.25. The van der Waals surface area contributed by atoms with E-state index >= 15 is 0 Å². The highest BCUT2D eigenvalue weighted by Crippen LogP contribution is 2.39. The number of carbonyl (C=O) groups excluding carboxylic acids is 1. The van der Waals surface area contributed by atoms with Gasteiger partial charge in [-0.05, 0) is 57.0 Å². The van der Waals surface area contributed by atoms with Gasteiger partial charge < -0.3 is 14.4 Å². The Bertz CT molecular complexity index is 1330. The van der Waals surface area contributed by atoms with Gasteiger partial charge in [-0.2, -0.15) is 18.4 Å². The Morgan fingerprint density at radius 3 is 2.47 bits per heavy atom. The molecular formula is C27H26F3N5O3. The standard InChI is InChI=1S/C27H26F3N5O3/c1-3-37-24-20(6-5-11-32-24)21-16-34-23(17-33-21)26(25(36)38-4-2)9-12-35(13-10-26)22-8-7-19(27(28,29)30)14-18(22)15-31/h5-8,11,14,16-17H,3-4,9-10,12-13H2,1-2H3. The summed E-state index contributed by atoms with van der Waals surface area (Å²) in [6.45, 7) is 4.80. The number of benzene rings is 1. The van der Waals surface area contributed by atoms with Crippen molar-refractivity contribution in [3.8, 4) is 23.2 Å².